The van der Waals surface area contributed by atoms with Gasteiger partial charge in [0.2, 0.25) is 5.91 Å². The molecule has 19 heavy (non-hydrogen) atoms. The monoisotopic (exact) mass is 258 g/mol. The van der Waals surface area contributed by atoms with Gasteiger partial charge in [0.25, 0.3) is 0 Å². The van der Waals surface area contributed by atoms with Gasteiger partial charge >= 0.3 is 0 Å². The number of anilines is 1. The Morgan fingerprint density at radius 3 is 2.79 bits per heavy atom. The van der Waals surface area contributed by atoms with Crippen molar-refractivity contribution in [3.05, 3.63) is 29.8 Å². The fourth-order valence-electron chi connectivity index (χ4n) is 3.22. The minimum absolute atomic E-state index is 0.0824. The molecule has 3 rings (SSSR count). The first-order chi connectivity index (χ1) is 9.33. The number of rotatable bonds is 3. The van der Waals surface area contributed by atoms with Gasteiger partial charge in [0, 0.05) is 18.7 Å². The van der Waals surface area contributed by atoms with Gasteiger partial charge in [-0.05, 0) is 30.4 Å². The lowest BCUT2D eigenvalue weighted by Gasteiger charge is -2.22. The van der Waals surface area contributed by atoms with Crippen LogP contribution in [0.2, 0.25) is 0 Å². The molecule has 0 spiro atoms. The van der Waals surface area contributed by atoms with Crippen molar-refractivity contribution < 1.29 is 4.79 Å². The van der Waals surface area contributed by atoms with Gasteiger partial charge in [-0.1, -0.05) is 37.5 Å². The number of fused-ring (bicyclic) bond motifs is 1. The van der Waals surface area contributed by atoms with Crippen molar-refractivity contribution in [2.24, 2.45) is 5.92 Å². The van der Waals surface area contributed by atoms with Gasteiger partial charge in [-0.25, -0.2) is 0 Å². The fourth-order valence-corrected chi connectivity index (χ4v) is 3.22. The van der Waals surface area contributed by atoms with Crippen LogP contribution in [0.25, 0.3) is 0 Å². The van der Waals surface area contributed by atoms with E-state index in [1.165, 1.54) is 37.7 Å². The van der Waals surface area contributed by atoms with Crippen molar-refractivity contribution in [3.8, 4) is 0 Å². The number of amides is 1. The number of nitrogens with one attached hydrogen (secondary N) is 2. The number of benzene rings is 1. The highest BCUT2D eigenvalue weighted by atomic mass is 16.2. The Labute approximate surface area is 114 Å². The Balaban J connectivity index is 1.49. The Morgan fingerprint density at radius 1 is 1.21 bits per heavy atom. The zero-order valence-electron chi connectivity index (χ0n) is 11.3. The van der Waals surface area contributed by atoms with Crippen molar-refractivity contribution in [3.63, 3.8) is 0 Å². The molecule has 1 unspecified atom stereocenters. The molecular weight excluding hydrogens is 236 g/mol. The Morgan fingerprint density at radius 2 is 2.00 bits per heavy atom. The van der Waals surface area contributed by atoms with Crippen LogP contribution >= 0.6 is 0 Å². The molecule has 0 saturated heterocycles. The van der Waals surface area contributed by atoms with Crippen LogP contribution in [0.5, 0.6) is 0 Å². The Kier molecular flexibility index (Phi) is 3.72. The summed E-state index contributed by atoms with van der Waals surface area (Å²) < 4.78 is 0. The molecular formula is C16H22N2O. The number of hydrogen-bond acceptors (Lipinski definition) is 2. The van der Waals surface area contributed by atoms with Gasteiger partial charge in [0.1, 0.15) is 6.04 Å². The largest absolute Gasteiger partial charge is 0.373 e. The molecule has 0 radical (unpaired) electrons. The number of carbonyl (C=O) groups is 1. The summed E-state index contributed by atoms with van der Waals surface area (Å²) in [5.74, 6) is 0.850. The van der Waals surface area contributed by atoms with E-state index in [4.69, 9.17) is 0 Å². The Hall–Kier alpha value is -1.51. The van der Waals surface area contributed by atoms with Crippen molar-refractivity contribution >= 4 is 11.6 Å². The average Bonchev–Trinajstić information content (AvgIpc) is 2.90. The fraction of sp³-hybridized carbons (Fsp3) is 0.562. The maximum absolute atomic E-state index is 12.2. The Bertz CT molecular complexity index is 427. The molecule has 0 bridgehead atoms. The highest BCUT2D eigenvalue weighted by Crippen LogP contribution is 2.26. The second kappa shape index (κ2) is 5.64. The molecule has 1 heterocycles. The second-order valence-electron chi connectivity index (χ2n) is 5.81. The lowest BCUT2D eigenvalue weighted by molar-refractivity contribution is -0.121. The molecule has 1 amide bonds. The van der Waals surface area contributed by atoms with E-state index < -0.39 is 0 Å². The predicted molar refractivity (Wildman–Crippen MR) is 77.1 cm³/mol. The standard InChI is InChI=1S/C16H22N2O/c19-16(17-11-12-6-2-1-3-7-12)15-10-13-8-4-5-9-14(13)18-15/h4-5,8-9,12,15,18H,1-3,6-7,10-11H2,(H,17,19). The van der Waals surface area contributed by atoms with E-state index in [0.717, 1.165) is 18.7 Å². The van der Waals surface area contributed by atoms with Crippen molar-refractivity contribution in [2.45, 2.75) is 44.6 Å². The number of carbonyl (C=O) groups excluding carboxylic acids is 1. The van der Waals surface area contributed by atoms with Crippen molar-refractivity contribution in [2.75, 3.05) is 11.9 Å². The van der Waals surface area contributed by atoms with E-state index in [-0.39, 0.29) is 11.9 Å². The van der Waals surface area contributed by atoms with Gasteiger partial charge in [0.15, 0.2) is 0 Å². The molecule has 3 heteroatoms. The molecule has 1 atom stereocenters. The third-order valence-corrected chi connectivity index (χ3v) is 4.38. The van der Waals surface area contributed by atoms with Gasteiger partial charge in [0.05, 0.1) is 0 Å². The van der Waals surface area contributed by atoms with Gasteiger partial charge in [-0.15, -0.1) is 0 Å². The van der Waals surface area contributed by atoms with Crippen LogP contribution < -0.4 is 10.6 Å². The zero-order valence-corrected chi connectivity index (χ0v) is 11.3. The quantitative estimate of drug-likeness (QED) is 0.875. The van der Waals surface area contributed by atoms with E-state index in [9.17, 15) is 4.79 Å². The van der Waals surface area contributed by atoms with Crippen LogP contribution in [-0.4, -0.2) is 18.5 Å². The lowest BCUT2D eigenvalue weighted by atomic mass is 9.89. The van der Waals surface area contributed by atoms with Crippen LogP contribution in [0, 0.1) is 5.92 Å². The molecule has 3 nitrogen and oxygen atoms in total. The minimum Gasteiger partial charge on any atom is -0.373 e. The van der Waals surface area contributed by atoms with E-state index in [0.29, 0.717) is 5.92 Å². The third-order valence-electron chi connectivity index (χ3n) is 4.38. The normalized spacial score (nSPS) is 22.6. The van der Waals surface area contributed by atoms with Crippen LogP contribution in [0.15, 0.2) is 24.3 Å². The molecule has 1 aliphatic heterocycles. The van der Waals surface area contributed by atoms with Gasteiger partial charge in [-0.2, -0.15) is 0 Å². The number of hydrogen-bond donors (Lipinski definition) is 2. The third kappa shape index (κ3) is 2.91. The number of para-hydroxylation sites is 1. The van der Waals surface area contributed by atoms with Crippen LogP contribution in [0.3, 0.4) is 0 Å². The highest BCUT2D eigenvalue weighted by Gasteiger charge is 2.26. The highest BCUT2D eigenvalue weighted by molar-refractivity contribution is 5.87. The summed E-state index contributed by atoms with van der Waals surface area (Å²) in [7, 11) is 0. The molecule has 0 aromatic heterocycles. The van der Waals surface area contributed by atoms with Crippen molar-refractivity contribution in [1.29, 1.82) is 0 Å². The van der Waals surface area contributed by atoms with E-state index in [2.05, 4.69) is 16.7 Å². The van der Waals surface area contributed by atoms with E-state index in [1.54, 1.807) is 0 Å². The summed E-state index contributed by atoms with van der Waals surface area (Å²) in [4.78, 5) is 12.2. The molecule has 2 aliphatic rings. The summed E-state index contributed by atoms with van der Waals surface area (Å²) in [6, 6.07) is 8.10. The van der Waals surface area contributed by atoms with Crippen LogP contribution in [0.1, 0.15) is 37.7 Å². The topological polar surface area (TPSA) is 41.1 Å². The molecule has 2 N–H and O–H groups in total. The zero-order chi connectivity index (χ0) is 13.1. The maximum atomic E-state index is 12.2. The minimum atomic E-state index is -0.0824. The van der Waals surface area contributed by atoms with Gasteiger partial charge in [-0.3, -0.25) is 4.79 Å². The average molecular weight is 258 g/mol. The molecule has 102 valence electrons. The summed E-state index contributed by atoms with van der Waals surface area (Å²) in [6.07, 6.45) is 7.38. The molecule has 1 saturated carbocycles. The van der Waals surface area contributed by atoms with E-state index >= 15 is 0 Å². The van der Waals surface area contributed by atoms with Crippen molar-refractivity contribution in [1.82, 2.24) is 5.32 Å². The first-order valence-corrected chi connectivity index (χ1v) is 7.45. The SMILES string of the molecule is O=C(NCC1CCCCC1)C1Cc2ccccc2N1. The first-order valence-electron chi connectivity index (χ1n) is 7.45. The first kappa shape index (κ1) is 12.5. The van der Waals surface area contributed by atoms with Crippen LogP contribution in [-0.2, 0) is 11.2 Å². The van der Waals surface area contributed by atoms with E-state index in [1.807, 2.05) is 18.2 Å². The second-order valence-corrected chi connectivity index (χ2v) is 5.81. The molecule has 1 aromatic carbocycles. The maximum Gasteiger partial charge on any atom is 0.242 e. The smallest absolute Gasteiger partial charge is 0.242 e. The molecule has 1 aromatic rings. The molecule has 1 fully saturated rings. The lowest BCUT2D eigenvalue weighted by Crippen LogP contribution is -2.40. The summed E-state index contributed by atoms with van der Waals surface area (Å²) in [6.45, 7) is 0.855. The predicted octanol–water partition coefficient (Wildman–Crippen LogP) is 2.72. The summed E-state index contributed by atoms with van der Waals surface area (Å²) in [5, 5.41) is 6.44. The summed E-state index contributed by atoms with van der Waals surface area (Å²) in [5.41, 5.74) is 2.36. The summed E-state index contributed by atoms with van der Waals surface area (Å²) >= 11 is 0. The van der Waals surface area contributed by atoms with Crippen LogP contribution in [0.4, 0.5) is 5.69 Å². The van der Waals surface area contributed by atoms with Gasteiger partial charge < -0.3 is 10.6 Å². The molecule has 1 aliphatic carbocycles.